The zero-order valence-corrected chi connectivity index (χ0v) is 45.4. The number of benzene rings is 2. The van der Waals surface area contributed by atoms with Crippen molar-refractivity contribution in [1.29, 1.82) is 0 Å². The molecule has 0 saturated carbocycles. The fourth-order valence-electron chi connectivity index (χ4n) is 5.92. The number of morpholine rings is 1. The molecule has 3 aliphatic rings. The fourth-order valence-corrected chi connectivity index (χ4v) is 7.97. The number of carbonyl (C=O) groups excluding carboxylic acids is 1. The topological polar surface area (TPSA) is 250 Å². The number of aromatic nitrogens is 7. The maximum atomic E-state index is 13.2. The van der Waals surface area contributed by atoms with Crippen LogP contribution in [-0.2, 0) is 4.74 Å². The van der Waals surface area contributed by atoms with Crippen LogP contribution in [0.4, 0.5) is 29.2 Å². The number of halogens is 9. The summed E-state index contributed by atoms with van der Waals surface area (Å²) < 4.78 is 92.1. The second-order valence-corrected chi connectivity index (χ2v) is 18.0. The number of hydrogen-bond acceptors (Lipinski definition) is 20. The summed E-state index contributed by atoms with van der Waals surface area (Å²) in [5.41, 5.74) is 9.65. The molecule has 8 heterocycles. The van der Waals surface area contributed by atoms with E-state index in [4.69, 9.17) is 83.1 Å². The lowest BCUT2D eigenvalue weighted by atomic mass is 10.1. The molecule has 4 N–H and O–H groups in total. The molecule has 0 atom stereocenters. The third-order valence-electron chi connectivity index (χ3n) is 9.54. The third-order valence-corrected chi connectivity index (χ3v) is 11.8. The molecule has 5 aromatic heterocycles. The molecule has 0 aliphatic carbocycles. The van der Waals surface area contributed by atoms with Gasteiger partial charge in [-0.05, 0) is 92.0 Å². The minimum Gasteiger partial charge on any atom is -0.478 e. The Kier molecular flexibility index (Phi) is 22.4. The van der Waals surface area contributed by atoms with Crippen LogP contribution in [0.25, 0.3) is 22.3 Å². The average molecular weight is 1200 g/mol. The number of nitrogen functional groups attached to an aromatic ring is 1. The van der Waals surface area contributed by atoms with Gasteiger partial charge in [-0.25, -0.2) is 14.8 Å². The van der Waals surface area contributed by atoms with Gasteiger partial charge >= 0.3 is 30.6 Å². The summed E-state index contributed by atoms with van der Waals surface area (Å²) in [6, 6.07) is 12.1. The lowest BCUT2D eigenvalue weighted by Gasteiger charge is -2.21. The van der Waals surface area contributed by atoms with E-state index in [9.17, 15) is 27.2 Å². The number of nitrogens with two attached hydrogens (primary N) is 1. The molecule has 1 saturated heterocycles. The van der Waals surface area contributed by atoms with Crippen LogP contribution in [0.2, 0.25) is 15.3 Å². The van der Waals surface area contributed by atoms with E-state index >= 15 is 0 Å². The summed E-state index contributed by atoms with van der Waals surface area (Å²) in [4.78, 5) is 43.8. The van der Waals surface area contributed by atoms with Crippen LogP contribution in [0.1, 0.15) is 32.1 Å². The number of methoxy groups -OCH3 is 2. The van der Waals surface area contributed by atoms with Crippen molar-refractivity contribution in [3.8, 4) is 57.3 Å². The van der Waals surface area contributed by atoms with Crippen LogP contribution in [0.3, 0.4) is 0 Å². The van der Waals surface area contributed by atoms with Crippen molar-refractivity contribution in [2.45, 2.75) is 26.4 Å². The molecule has 1 amide bonds. The molecular formula is C45H41Cl5F4N10O10S2. The number of carboxylic acid groups (broad SMARTS) is 1. The van der Waals surface area contributed by atoms with E-state index in [1.807, 2.05) is 0 Å². The standard InChI is InChI=1S/C17H10ClF2N3O3S.C12H7ClF2N2O2.C5H6ClN3O2.C5H5NO2S.C5H11NO.CH2Cl2/c1-8-11(7-27-23-8)16(24)22-15-3-2-9(6-21-15)10-4-13-14(5-12(10)18)26-17(19,20)25-13;13-8-4-10-9(18-12(14,15)19-10)3-7(8)6-1-2-11(16)17-5-6;1-10-4-7-3(6)8-5(9-4)11-2;1-3-4(5(7)8)2-9-6-3;1-6-2-4-7-5-3-6;2-1-3/h2-7H,1H3,(H,21,22,24);1-5H,(H2,16,17);1-2H3;2H,1H3,(H,7,8);2-5H2,1H3;1H2. The average Bonchev–Trinajstić information content (AvgIpc) is 4.16. The number of anilines is 2. The number of amides is 1. The number of fused-ring (bicyclic) bond motifs is 2. The predicted molar refractivity (Wildman–Crippen MR) is 278 cm³/mol. The number of carbonyl (C=O) groups is 2. The minimum absolute atomic E-state index is 0.0497. The number of nitrogens with one attached hydrogen (secondary N) is 1. The van der Waals surface area contributed by atoms with Crippen molar-refractivity contribution in [3.63, 3.8) is 0 Å². The van der Waals surface area contributed by atoms with Gasteiger partial charge in [0.25, 0.3) is 5.91 Å². The summed E-state index contributed by atoms with van der Waals surface area (Å²) in [5, 5.41) is 15.0. The van der Waals surface area contributed by atoms with Gasteiger partial charge in [0.2, 0.25) is 5.28 Å². The van der Waals surface area contributed by atoms with E-state index in [0.717, 1.165) is 37.8 Å². The van der Waals surface area contributed by atoms with Gasteiger partial charge in [-0.15, -0.1) is 45.7 Å². The van der Waals surface area contributed by atoms with Gasteiger partial charge in [0.15, 0.2) is 23.0 Å². The number of aryl methyl sites for hydroxylation is 2. The van der Waals surface area contributed by atoms with Crippen LogP contribution < -0.4 is 39.5 Å². The Bertz CT molecular complexity index is 3040. The van der Waals surface area contributed by atoms with E-state index < -0.39 is 18.6 Å². The second kappa shape index (κ2) is 28.1. The maximum absolute atomic E-state index is 13.2. The van der Waals surface area contributed by atoms with Gasteiger partial charge in [-0.2, -0.15) is 18.7 Å². The van der Waals surface area contributed by atoms with Gasteiger partial charge in [0.1, 0.15) is 11.6 Å². The van der Waals surface area contributed by atoms with Gasteiger partial charge < -0.3 is 54.2 Å². The van der Waals surface area contributed by atoms with Crippen LogP contribution in [0.5, 0.6) is 35.0 Å². The Labute approximate surface area is 463 Å². The molecule has 20 nitrogen and oxygen atoms in total. The highest BCUT2D eigenvalue weighted by Crippen LogP contribution is 2.47. The quantitative estimate of drug-likeness (QED) is 0.0991. The summed E-state index contributed by atoms with van der Waals surface area (Å²) in [5.74, 6) is -0.943. The third kappa shape index (κ3) is 17.9. The van der Waals surface area contributed by atoms with Gasteiger partial charge in [-0.3, -0.25) is 4.79 Å². The van der Waals surface area contributed by atoms with E-state index in [1.165, 1.54) is 67.8 Å². The molecule has 2 aromatic carbocycles. The second-order valence-electron chi connectivity index (χ2n) is 14.8. The molecule has 406 valence electrons. The largest absolute Gasteiger partial charge is 0.586 e. The number of likely N-dealkylation sites (N-methyl/N-ethyl adjacent to an activating group) is 1. The molecule has 0 radical (unpaired) electrons. The Morgan fingerprint density at radius 2 is 1.18 bits per heavy atom. The van der Waals surface area contributed by atoms with E-state index in [2.05, 4.69) is 69.9 Å². The van der Waals surface area contributed by atoms with Crippen molar-refractivity contribution in [3.05, 3.63) is 110 Å². The monoisotopic (exact) mass is 1200 g/mol. The fraction of sp³-hybridized carbons (Fsp3) is 0.267. The number of rotatable bonds is 7. The van der Waals surface area contributed by atoms with E-state index in [-0.39, 0.29) is 61.6 Å². The van der Waals surface area contributed by atoms with Gasteiger partial charge in [0.05, 0.1) is 65.3 Å². The molecule has 7 aromatic rings. The van der Waals surface area contributed by atoms with Crippen LogP contribution in [0, 0.1) is 13.8 Å². The van der Waals surface area contributed by atoms with Crippen molar-refractivity contribution < 1.29 is 65.4 Å². The maximum Gasteiger partial charge on any atom is 0.586 e. The molecule has 0 bridgehead atoms. The lowest BCUT2D eigenvalue weighted by molar-refractivity contribution is -0.287. The van der Waals surface area contributed by atoms with Crippen LogP contribution >= 0.6 is 81.1 Å². The first-order valence-electron chi connectivity index (χ1n) is 21.2. The number of ether oxygens (including phenoxy) is 7. The molecule has 1 fully saturated rings. The normalized spacial score (nSPS) is 14.0. The molecule has 0 unspecified atom stereocenters. The highest BCUT2D eigenvalue weighted by molar-refractivity contribution is 7.04. The zero-order chi connectivity index (χ0) is 55.7. The first-order chi connectivity index (χ1) is 36.0. The number of aromatic carboxylic acids is 1. The molecular weight excluding hydrogens is 1160 g/mol. The smallest absolute Gasteiger partial charge is 0.478 e. The van der Waals surface area contributed by atoms with Crippen molar-refractivity contribution in [1.82, 2.24) is 38.6 Å². The van der Waals surface area contributed by atoms with Crippen molar-refractivity contribution in [2.75, 3.05) is 64.0 Å². The number of hydrogen-bond donors (Lipinski definition) is 3. The molecule has 76 heavy (non-hydrogen) atoms. The van der Waals surface area contributed by atoms with Crippen LogP contribution in [-0.4, -0.2) is 121 Å². The summed E-state index contributed by atoms with van der Waals surface area (Å²) >= 11 is 29.6. The molecule has 31 heteroatoms. The summed E-state index contributed by atoms with van der Waals surface area (Å²) in [6.45, 7) is 7.44. The van der Waals surface area contributed by atoms with Crippen LogP contribution in [0.15, 0.2) is 71.7 Å². The van der Waals surface area contributed by atoms with Gasteiger partial charge in [-0.1, -0.05) is 23.2 Å². The zero-order valence-electron chi connectivity index (χ0n) is 40.0. The highest BCUT2D eigenvalue weighted by Gasteiger charge is 2.45. The Morgan fingerprint density at radius 1 is 0.737 bits per heavy atom. The molecule has 3 aliphatic heterocycles. The number of nitrogens with zero attached hydrogens (tertiary/aromatic N) is 8. The minimum atomic E-state index is -3.72. The predicted octanol–water partition coefficient (Wildman–Crippen LogP) is 11.1. The summed E-state index contributed by atoms with van der Waals surface area (Å²) in [6.07, 6.45) is -4.41. The Morgan fingerprint density at radius 3 is 1.54 bits per heavy atom. The first kappa shape index (κ1) is 60.5. The van der Waals surface area contributed by atoms with Crippen molar-refractivity contribution >= 4 is 105 Å². The van der Waals surface area contributed by atoms with Gasteiger partial charge in [0, 0.05) is 70.6 Å². The molecule has 10 rings (SSSR count). The lowest BCUT2D eigenvalue weighted by Crippen LogP contribution is -2.32. The van der Waals surface area contributed by atoms with E-state index in [1.54, 1.807) is 43.5 Å². The Balaban J connectivity index is 0.000000188. The number of pyridine rings is 2. The molecule has 0 spiro atoms. The first-order valence-corrected chi connectivity index (χ1v) is 25.0. The summed E-state index contributed by atoms with van der Waals surface area (Å²) in [7, 11) is 4.98. The highest BCUT2D eigenvalue weighted by atomic mass is 35.5. The SMILES string of the molecule is CN1CCOCC1.COc1nc(Cl)nc(OC)n1.Cc1nscc1C(=O)Nc1ccc(-c2cc3c(cc2Cl)OC(F)(F)O3)cn1.Cc1nscc1C(=O)O.ClCCl.Nc1ccc(-c2cc3c(cc2Cl)OC(F)(F)O3)cn1. The Hall–Kier alpha value is -6.36. The van der Waals surface area contributed by atoms with Crippen molar-refractivity contribution in [2.24, 2.45) is 0 Å². The van der Waals surface area contributed by atoms with E-state index in [0.29, 0.717) is 56.4 Å². The number of carboxylic acids is 1. The number of alkyl halides is 6.